The van der Waals surface area contributed by atoms with E-state index in [2.05, 4.69) is 53.8 Å². The second-order valence-corrected chi connectivity index (χ2v) is 6.88. The Bertz CT molecular complexity index is 193. The molecule has 2 N–H and O–H groups in total. The van der Waals surface area contributed by atoms with Crippen LogP contribution in [0.2, 0.25) is 0 Å². The summed E-state index contributed by atoms with van der Waals surface area (Å²) < 4.78 is 0. The van der Waals surface area contributed by atoms with Crippen LogP contribution < -0.4 is 5.32 Å². The first kappa shape index (κ1) is 17.9. The van der Waals surface area contributed by atoms with E-state index < -0.39 is 0 Å². The van der Waals surface area contributed by atoms with E-state index in [1.165, 1.54) is 0 Å². The molecule has 0 spiro atoms. The zero-order valence-corrected chi connectivity index (χ0v) is 13.5. The highest BCUT2D eigenvalue weighted by molar-refractivity contribution is 4.74. The van der Waals surface area contributed by atoms with E-state index in [1.54, 1.807) is 0 Å². The molecule has 2 nitrogen and oxygen atoms in total. The molecule has 2 heteroatoms. The van der Waals surface area contributed by atoms with Crippen LogP contribution in [0.25, 0.3) is 0 Å². The van der Waals surface area contributed by atoms with Crippen molar-refractivity contribution in [3.63, 3.8) is 0 Å². The second kappa shape index (κ2) is 8.92. The van der Waals surface area contributed by atoms with Crippen LogP contribution in [0.4, 0.5) is 0 Å². The Morgan fingerprint density at radius 1 is 0.722 bits per heavy atom. The summed E-state index contributed by atoms with van der Waals surface area (Å²) in [6.45, 7) is 18.3. The van der Waals surface area contributed by atoms with Crippen molar-refractivity contribution in [2.45, 2.75) is 48.5 Å². The second-order valence-electron chi connectivity index (χ2n) is 6.88. The Hall–Kier alpha value is -0.0800. The Kier molecular flexibility index (Phi) is 8.89. The zero-order valence-electron chi connectivity index (χ0n) is 13.5. The van der Waals surface area contributed by atoms with Gasteiger partial charge in [-0.15, -0.1) is 0 Å². The lowest BCUT2D eigenvalue weighted by atomic mass is 9.83. The molecule has 0 aromatic rings. The fourth-order valence-electron chi connectivity index (χ4n) is 2.92. The lowest BCUT2D eigenvalue weighted by molar-refractivity contribution is 0.138. The predicted octanol–water partition coefficient (Wildman–Crippen LogP) is 3.40. The van der Waals surface area contributed by atoms with Crippen LogP contribution in [0.15, 0.2) is 0 Å². The largest absolute Gasteiger partial charge is 0.396 e. The molecule has 0 rings (SSSR count). The fourth-order valence-corrected chi connectivity index (χ4v) is 2.92. The lowest BCUT2D eigenvalue weighted by Crippen LogP contribution is -2.36. The fraction of sp³-hybridized carbons (Fsp3) is 1.00. The summed E-state index contributed by atoms with van der Waals surface area (Å²) in [5.41, 5.74) is 0. The van der Waals surface area contributed by atoms with E-state index in [1.807, 2.05) is 0 Å². The van der Waals surface area contributed by atoms with E-state index in [9.17, 15) is 5.11 Å². The Morgan fingerprint density at radius 2 is 1.17 bits per heavy atom. The summed E-state index contributed by atoms with van der Waals surface area (Å²) in [5, 5.41) is 13.0. The average molecular weight is 257 g/mol. The van der Waals surface area contributed by atoms with E-state index in [0.29, 0.717) is 24.4 Å². The normalized spacial score (nSPS) is 16.0. The first-order chi connectivity index (χ1) is 8.31. The number of aliphatic hydroxyl groups excluding tert-OH is 1. The monoisotopic (exact) mass is 257 g/mol. The maximum atomic E-state index is 9.42. The molecular weight excluding hydrogens is 222 g/mol. The van der Waals surface area contributed by atoms with Gasteiger partial charge in [-0.1, -0.05) is 48.5 Å². The summed E-state index contributed by atoms with van der Waals surface area (Å²) >= 11 is 0. The van der Waals surface area contributed by atoms with Crippen LogP contribution in [0.3, 0.4) is 0 Å². The van der Waals surface area contributed by atoms with Crippen molar-refractivity contribution in [1.29, 1.82) is 0 Å². The highest BCUT2D eigenvalue weighted by atomic mass is 16.3. The molecule has 0 aromatic carbocycles. The van der Waals surface area contributed by atoms with Gasteiger partial charge in [-0.25, -0.2) is 0 Å². The van der Waals surface area contributed by atoms with Crippen LogP contribution in [0, 0.1) is 35.5 Å². The van der Waals surface area contributed by atoms with Crippen LogP contribution in [-0.4, -0.2) is 24.8 Å². The van der Waals surface area contributed by atoms with Crippen LogP contribution in [0.5, 0.6) is 0 Å². The SMILES string of the molecule is CC(C)C(CNCC(C)C(CO)C(C)C)C(C)C. The van der Waals surface area contributed by atoms with Crippen LogP contribution >= 0.6 is 0 Å². The third kappa shape index (κ3) is 6.19. The molecule has 0 amide bonds. The predicted molar refractivity (Wildman–Crippen MR) is 80.6 cm³/mol. The van der Waals surface area contributed by atoms with Crippen molar-refractivity contribution < 1.29 is 5.11 Å². The molecule has 0 aromatic heterocycles. The van der Waals surface area contributed by atoms with E-state index in [-0.39, 0.29) is 0 Å². The van der Waals surface area contributed by atoms with Crippen molar-refractivity contribution in [3.8, 4) is 0 Å². The number of aliphatic hydroxyl groups is 1. The molecule has 2 atom stereocenters. The molecule has 2 unspecified atom stereocenters. The highest BCUT2D eigenvalue weighted by Crippen LogP contribution is 2.21. The first-order valence-electron chi connectivity index (χ1n) is 7.62. The zero-order chi connectivity index (χ0) is 14.3. The molecular formula is C16H35NO. The van der Waals surface area contributed by atoms with Gasteiger partial charge in [0.2, 0.25) is 0 Å². The van der Waals surface area contributed by atoms with Gasteiger partial charge in [-0.3, -0.25) is 0 Å². The minimum absolute atomic E-state index is 0.304. The van der Waals surface area contributed by atoms with Gasteiger partial charge in [-0.2, -0.15) is 0 Å². The minimum Gasteiger partial charge on any atom is -0.396 e. The van der Waals surface area contributed by atoms with Crippen molar-refractivity contribution in [2.75, 3.05) is 19.7 Å². The first-order valence-corrected chi connectivity index (χ1v) is 7.62. The van der Waals surface area contributed by atoms with Crippen molar-refractivity contribution in [2.24, 2.45) is 35.5 Å². The standard InChI is InChI=1S/C16H35NO/c1-11(2)15(12(3)4)9-17-8-14(7)16(10-18)13(5)6/h11-18H,8-10H2,1-7H3. The van der Waals surface area contributed by atoms with Gasteiger partial charge >= 0.3 is 0 Å². The third-order valence-electron chi connectivity index (χ3n) is 4.36. The summed E-state index contributed by atoms with van der Waals surface area (Å²) in [5.74, 6) is 3.70. The Morgan fingerprint density at radius 3 is 1.50 bits per heavy atom. The number of hydrogen-bond donors (Lipinski definition) is 2. The summed E-state index contributed by atoms with van der Waals surface area (Å²) in [6.07, 6.45) is 0. The summed E-state index contributed by atoms with van der Waals surface area (Å²) in [6, 6.07) is 0. The van der Waals surface area contributed by atoms with E-state index in [4.69, 9.17) is 0 Å². The number of hydrogen-bond acceptors (Lipinski definition) is 2. The topological polar surface area (TPSA) is 32.3 Å². The smallest absolute Gasteiger partial charge is 0.0464 e. The summed E-state index contributed by atoms with van der Waals surface area (Å²) in [7, 11) is 0. The highest BCUT2D eigenvalue weighted by Gasteiger charge is 2.21. The van der Waals surface area contributed by atoms with Gasteiger partial charge in [0.05, 0.1) is 0 Å². The van der Waals surface area contributed by atoms with Crippen LogP contribution in [0.1, 0.15) is 48.5 Å². The molecule has 0 saturated carbocycles. The van der Waals surface area contributed by atoms with Gasteiger partial charge in [0.15, 0.2) is 0 Å². The molecule has 110 valence electrons. The lowest BCUT2D eigenvalue weighted by Gasteiger charge is -2.29. The molecule has 18 heavy (non-hydrogen) atoms. The number of rotatable bonds is 9. The molecule has 0 radical (unpaired) electrons. The average Bonchev–Trinajstić information content (AvgIpc) is 2.23. The molecule has 0 aliphatic heterocycles. The molecule has 0 heterocycles. The Labute approximate surface area is 115 Å². The molecule has 0 saturated heterocycles. The van der Waals surface area contributed by atoms with Gasteiger partial charge < -0.3 is 10.4 Å². The quantitative estimate of drug-likeness (QED) is 0.663. The molecule has 0 fully saturated rings. The van der Waals surface area contributed by atoms with Crippen molar-refractivity contribution in [1.82, 2.24) is 5.32 Å². The van der Waals surface area contributed by atoms with Crippen LogP contribution in [-0.2, 0) is 0 Å². The van der Waals surface area contributed by atoms with Crippen molar-refractivity contribution in [3.05, 3.63) is 0 Å². The van der Waals surface area contributed by atoms with E-state index in [0.717, 1.165) is 30.8 Å². The summed E-state index contributed by atoms with van der Waals surface area (Å²) in [4.78, 5) is 0. The van der Waals surface area contributed by atoms with E-state index >= 15 is 0 Å². The van der Waals surface area contributed by atoms with Gasteiger partial charge in [0, 0.05) is 6.61 Å². The van der Waals surface area contributed by atoms with Gasteiger partial charge in [0.1, 0.15) is 0 Å². The minimum atomic E-state index is 0.304. The Balaban J connectivity index is 4.09. The third-order valence-corrected chi connectivity index (χ3v) is 4.36. The molecule has 0 aliphatic rings. The molecule has 0 bridgehead atoms. The van der Waals surface area contributed by atoms with Gasteiger partial charge in [-0.05, 0) is 48.6 Å². The van der Waals surface area contributed by atoms with Gasteiger partial charge in [0.25, 0.3) is 0 Å². The van der Waals surface area contributed by atoms with Crippen molar-refractivity contribution >= 4 is 0 Å². The maximum absolute atomic E-state index is 9.42. The number of nitrogens with one attached hydrogen (secondary N) is 1. The maximum Gasteiger partial charge on any atom is 0.0464 e. The molecule has 0 aliphatic carbocycles.